The number of amides is 2. The summed E-state index contributed by atoms with van der Waals surface area (Å²) < 4.78 is 5.18. The number of nitrogens with one attached hydrogen (secondary N) is 1. The fraction of sp³-hybridized carbons (Fsp3) is 0.467. The molecular formula is C15H20N2O4. The molecule has 2 N–H and O–H groups in total. The molecule has 0 spiro atoms. The number of anilines is 1. The van der Waals surface area contributed by atoms with Gasteiger partial charge in [-0.15, -0.1) is 0 Å². The lowest BCUT2D eigenvalue weighted by atomic mass is 9.89. The highest BCUT2D eigenvalue weighted by Gasteiger charge is 2.31. The van der Waals surface area contributed by atoms with E-state index in [1.165, 1.54) is 4.90 Å². The number of hydrogen-bond donors (Lipinski definition) is 2. The smallest absolute Gasteiger partial charge is 0.322 e. The Hall–Kier alpha value is -2.08. The molecule has 0 aromatic heterocycles. The van der Waals surface area contributed by atoms with E-state index in [1.807, 2.05) is 18.2 Å². The molecule has 6 heteroatoms. The number of carboxylic acids is 1. The van der Waals surface area contributed by atoms with E-state index in [9.17, 15) is 9.59 Å². The third kappa shape index (κ3) is 4.19. The summed E-state index contributed by atoms with van der Waals surface area (Å²) in [5, 5.41) is 11.7. The number of methoxy groups -OCH3 is 1. The van der Waals surface area contributed by atoms with Gasteiger partial charge in [0.05, 0.1) is 12.5 Å². The number of para-hydroxylation sites is 1. The largest absolute Gasteiger partial charge is 0.481 e. The molecule has 1 saturated carbocycles. The van der Waals surface area contributed by atoms with Crippen molar-refractivity contribution in [3.8, 4) is 0 Å². The fourth-order valence-electron chi connectivity index (χ4n) is 2.29. The van der Waals surface area contributed by atoms with Crippen LogP contribution in [0.5, 0.6) is 0 Å². The average Bonchev–Trinajstić information content (AvgIpc) is 2.43. The molecule has 21 heavy (non-hydrogen) atoms. The molecular weight excluding hydrogens is 272 g/mol. The lowest BCUT2D eigenvalue weighted by Gasteiger charge is -2.36. The van der Waals surface area contributed by atoms with Crippen molar-refractivity contribution in [3.63, 3.8) is 0 Å². The van der Waals surface area contributed by atoms with Crippen LogP contribution in [0.2, 0.25) is 0 Å². The van der Waals surface area contributed by atoms with Gasteiger partial charge in [0.1, 0.15) is 0 Å². The van der Waals surface area contributed by atoms with E-state index in [2.05, 4.69) is 5.32 Å². The summed E-state index contributed by atoms with van der Waals surface area (Å²) in [6.07, 6.45) is 1.71. The predicted octanol–water partition coefficient (Wildman–Crippen LogP) is 1.85. The second-order valence-corrected chi connectivity index (χ2v) is 5.11. The summed E-state index contributed by atoms with van der Waals surface area (Å²) >= 11 is 0. The maximum absolute atomic E-state index is 12.3. The molecule has 0 atom stereocenters. The molecule has 1 aromatic carbocycles. The summed E-state index contributed by atoms with van der Waals surface area (Å²) in [6.45, 7) is 0.144. The SMILES string of the molecule is COC1CC(NC(=O)N(CCC(=O)O)c2ccccc2)C1. The van der Waals surface area contributed by atoms with Gasteiger partial charge < -0.3 is 15.2 Å². The number of urea groups is 1. The van der Waals surface area contributed by atoms with Gasteiger partial charge in [0.15, 0.2) is 0 Å². The molecule has 0 heterocycles. The number of carbonyl (C=O) groups is 2. The quantitative estimate of drug-likeness (QED) is 0.838. The van der Waals surface area contributed by atoms with Crippen molar-refractivity contribution in [2.24, 2.45) is 0 Å². The molecule has 1 aromatic rings. The van der Waals surface area contributed by atoms with Crippen LogP contribution in [0, 0.1) is 0 Å². The van der Waals surface area contributed by atoms with Gasteiger partial charge >= 0.3 is 12.0 Å². The first-order valence-electron chi connectivity index (χ1n) is 6.98. The van der Waals surface area contributed by atoms with Gasteiger partial charge in [-0.3, -0.25) is 9.69 Å². The number of aliphatic carboxylic acids is 1. The van der Waals surface area contributed by atoms with Gasteiger partial charge in [0, 0.05) is 25.4 Å². The van der Waals surface area contributed by atoms with Crippen molar-refractivity contribution >= 4 is 17.7 Å². The van der Waals surface area contributed by atoms with Gasteiger partial charge in [0.2, 0.25) is 0 Å². The molecule has 1 aliphatic rings. The summed E-state index contributed by atoms with van der Waals surface area (Å²) in [6, 6.07) is 8.91. The van der Waals surface area contributed by atoms with Crippen LogP contribution in [0.25, 0.3) is 0 Å². The fourth-order valence-corrected chi connectivity index (χ4v) is 2.29. The van der Waals surface area contributed by atoms with Crippen LogP contribution in [0.1, 0.15) is 19.3 Å². The molecule has 0 bridgehead atoms. The second kappa shape index (κ2) is 7.08. The van der Waals surface area contributed by atoms with E-state index in [-0.39, 0.29) is 31.1 Å². The minimum atomic E-state index is -0.924. The maximum atomic E-state index is 12.3. The average molecular weight is 292 g/mol. The van der Waals surface area contributed by atoms with Crippen molar-refractivity contribution < 1.29 is 19.4 Å². The zero-order valence-electron chi connectivity index (χ0n) is 12.0. The Bertz CT molecular complexity index is 486. The molecule has 2 amide bonds. The molecule has 0 unspecified atom stereocenters. The monoisotopic (exact) mass is 292 g/mol. The number of carboxylic acid groups (broad SMARTS) is 1. The number of rotatable bonds is 6. The van der Waals surface area contributed by atoms with Crippen LogP contribution in [-0.4, -0.2) is 42.9 Å². The van der Waals surface area contributed by atoms with Crippen molar-refractivity contribution in [3.05, 3.63) is 30.3 Å². The molecule has 2 rings (SSSR count). The topological polar surface area (TPSA) is 78.9 Å². The van der Waals surface area contributed by atoms with E-state index in [0.29, 0.717) is 5.69 Å². The lowest BCUT2D eigenvalue weighted by Crippen LogP contribution is -2.52. The third-order valence-electron chi connectivity index (χ3n) is 3.62. The van der Waals surface area contributed by atoms with Gasteiger partial charge in [-0.1, -0.05) is 18.2 Å². The first kappa shape index (κ1) is 15.3. The minimum absolute atomic E-state index is 0.0896. The predicted molar refractivity (Wildman–Crippen MR) is 78.4 cm³/mol. The number of ether oxygens (including phenoxy) is 1. The number of carbonyl (C=O) groups excluding carboxylic acids is 1. The summed E-state index contributed by atoms with van der Waals surface area (Å²) in [5.74, 6) is -0.924. The molecule has 1 fully saturated rings. The van der Waals surface area contributed by atoms with Crippen LogP contribution < -0.4 is 10.2 Å². The van der Waals surface area contributed by atoms with Crippen molar-refractivity contribution in [2.75, 3.05) is 18.6 Å². The number of benzene rings is 1. The molecule has 6 nitrogen and oxygen atoms in total. The molecule has 0 aliphatic heterocycles. The van der Waals surface area contributed by atoms with Gasteiger partial charge in [-0.05, 0) is 25.0 Å². The second-order valence-electron chi connectivity index (χ2n) is 5.11. The van der Waals surface area contributed by atoms with E-state index < -0.39 is 5.97 Å². The van der Waals surface area contributed by atoms with E-state index in [4.69, 9.17) is 9.84 Å². The Morgan fingerprint density at radius 1 is 1.33 bits per heavy atom. The first-order valence-corrected chi connectivity index (χ1v) is 6.98. The minimum Gasteiger partial charge on any atom is -0.481 e. The number of hydrogen-bond acceptors (Lipinski definition) is 3. The van der Waals surface area contributed by atoms with Gasteiger partial charge in [0.25, 0.3) is 0 Å². The number of nitrogens with zero attached hydrogens (tertiary/aromatic N) is 1. The van der Waals surface area contributed by atoms with Gasteiger partial charge in [-0.25, -0.2) is 4.79 Å². The standard InChI is InChI=1S/C15H20N2O4/c1-21-13-9-11(10-13)16-15(20)17(8-7-14(18)19)12-5-3-2-4-6-12/h2-6,11,13H,7-10H2,1H3,(H,16,20)(H,18,19). The molecule has 0 saturated heterocycles. The van der Waals surface area contributed by atoms with E-state index in [0.717, 1.165) is 12.8 Å². The molecule has 1 aliphatic carbocycles. The third-order valence-corrected chi connectivity index (χ3v) is 3.62. The highest BCUT2D eigenvalue weighted by atomic mass is 16.5. The molecule has 0 radical (unpaired) electrons. The zero-order chi connectivity index (χ0) is 15.2. The summed E-state index contributed by atoms with van der Waals surface area (Å²) in [7, 11) is 1.66. The Morgan fingerprint density at radius 3 is 2.57 bits per heavy atom. The first-order chi connectivity index (χ1) is 10.1. The highest BCUT2D eigenvalue weighted by Crippen LogP contribution is 2.23. The normalized spacial score (nSPS) is 20.4. The highest BCUT2D eigenvalue weighted by molar-refractivity contribution is 5.92. The van der Waals surface area contributed by atoms with Crippen molar-refractivity contribution in [1.29, 1.82) is 0 Å². The molecule has 114 valence electrons. The van der Waals surface area contributed by atoms with Crippen LogP contribution >= 0.6 is 0 Å². The van der Waals surface area contributed by atoms with Crippen LogP contribution in [0.15, 0.2) is 30.3 Å². The van der Waals surface area contributed by atoms with Crippen molar-refractivity contribution in [2.45, 2.75) is 31.4 Å². The summed E-state index contributed by atoms with van der Waals surface area (Å²) in [4.78, 5) is 24.6. The van der Waals surface area contributed by atoms with Crippen LogP contribution in [-0.2, 0) is 9.53 Å². The Balaban J connectivity index is 1.97. The van der Waals surface area contributed by atoms with E-state index >= 15 is 0 Å². The van der Waals surface area contributed by atoms with Crippen LogP contribution in [0.3, 0.4) is 0 Å². The summed E-state index contributed by atoms with van der Waals surface area (Å²) in [5.41, 5.74) is 0.693. The maximum Gasteiger partial charge on any atom is 0.322 e. The lowest BCUT2D eigenvalue weighted by molar-refractivity contribution is -0.136. The zero-order valence-corrected chi connectivity index (χ0v) is 12.0. The Kier molecular flexibility index (Phi) is 5.16. The van der Waals surface area contributed by atoms with Gasteiger partial charge in [-0.2, -0.15) is 0 Å². The Morgan fingerprint density at radius 2 is 2.00 bits per heavy atom. The van der Waals surface area contributed by atoms with Crippen molar-refractivity contribution in [1.82, 2.24) is 5.32 Å². The van der Waals surface area contributed by atoms with E-state index in [1.54, 1.807) is 19.2 Å². The van der Waals surface area contributed by atoms with Crippen LogP contribution in [0.4, 0.5) is 10.5 Å². The Labute approximate surface area is 123 Å².